The predicted octanol–water partition coefficient (Wildman–Crippen LogP) is 2.00. The molecule has 5 nitrogen and oxygen atoms in total. The molecule has 2 heterocycles. The van der Waals surface area contributed by atoms with Crippen LogP contribution in [0.25, 0.3) is 11.3 Å². The van der Waals surface area contributed by atoms with E-state index in [1.54, 1.807) is 25.5 Å². The zero-order valence-electron chi connectivity index (χ0n) is 9.02. The number of hydrogen-bond acceptors (Lipinski definition) is 4. The molecule has 2 rings (SSSR count). The predicted molar refractivity (Wildman–Crippen MR) is 58.8 cm³/mol. The molecule has 0 aliphatic rings. The molecule has 0 aliphatic heterocycles. The number of nitrogens with zero attached hydrogens (tertiary/aromatic N) is 2. The van der Waals surface area contributed by atoms with Crippen LogP contribution in [0.2, 0.25) is 0 Å². The zero-order chi connectivity index (χ0) is 11.5. The van der Waals surface area contributed by atoms with E-state index in [1.165, 1.54) is 6.92 Å². The second kappa shape index (κ2) is 4.14. The van der Waals surface area contributed by atoms with E-state index in [0.717, 1.165) is 11.3 Å². The summed E-state index contributed by atoms with van der Waals surface area (Å²) < 4.78 is 5.12. The number of anilines is 1. The molecule has 0 saturated heterocycles. The summed E-state index contributed by atoms with van der Waals surface area (Å²) in [5.74, 6) is 0.958. The number of oxazole rings is 1. The SMILES string of the molecule is CC(=O)Nc1cc(-c2coc(C)n2)ccn1. The Balaban J connectivity index is 2.32. The number of nitrogens with one attached hydrogen (secondary N) is 1. The van der Waals surface area contributed by atoms with Gasteiger partial charge in [0, 0.05) is 25.6 Å². The van der Waals surface area contributed by atoms with Gasteiger partial charge in [-0.15, -0.1) is 0 Å². The Morgan fingerprint density at radius 1 is 1.50 bits per heavy atom. The number of pyridine rings is 1. The summed E-state index contributed by atoms with van der Waals surface area (Å²) in [5.41, 5.74) is 1.59. The highest BCUT2D eigenvalue weighted by Gasteiger charge is 2.05. The summed E-state index contributed by atoms with van der Waals surface area (Å²) in [6, 6.07) is 3.56. The molecular weight excluding hydrogens is 206 g/mol. The number of amides is 1. The lowest BCUT2D eigenvalue weighted by molar-refractivity contribution is -0.114. The first-order chi connectivity index (χ1) is 7.65. The van der Waals surface area contributed by atoms with Crippen LogP contribution in [0, 0.1) is 6.92 Å². The minimum absolute atomic E-state index is 0.152. The zero-order valence-corrected chi connectivity index (χ0v) is 9.02. The van der Waals surface area contributed by atoms with E-state index in [9.17, 15) is 4.79 Å². The lowest BCUT2D eigenvalue weighted by atomic mass is 10.2. The van der Waals surface area contributed by atoms with Gasteiger partial charge in [-0.1, -0.05) is 0 Å². The van der Waals surface area contributed by atoms with Crippen molar-refractivity contribution in [1.29, 1.82) is 0 Å². The summed E-state index contributed by atoms with van der Waals surface area (Å²) >= 11 is 0. The van der Waals surface area contributed by atoms with Crippen LogP contribution in [0.1, 0.15) is 12.8 Å². The number of rotatable bonds is 2. The third-order valence-electron chi connectivity index (χ3n) is 1.98. The van der Waals surface area contributed by atoms with Gasteiger partial charge in [0.25, 0.3) is 0 Å². The standard InChI is InChI=1S/C11H11N3O2/c1-7(15)13-11-5-9(3-4-12-11)10-6-16-8(2)14-10/h3-6H,1-2H3,(H,12,13,15). The molecule has 0 spiro atoms. The van der Waals surface area contributed by atoms with Gasteiger partial charge in [-0.3, -0.25) is 4.79 Å². The molecule has 16 heavy (non-hydrogen) atoms. The Kier molecular flexibility index (Phi) is 2.68. The summed E-state index contributed by atoms with van der Waals surface area (Å²) in [7, 11) is 0. The van der Waals surface area contributed by atoms with Crippen LogP contribution < -0.4 is 5.32 Å². The molecule has 5 heteroatoms. The van der Waals surface area contributed by atoms with Crippen LogP contribution in [0.3, 0.4) is 0 Å². The first-order valence-electron chi connectivity index (χ1n) is 4.81. The summed E-state index contributed by atoms with van der Waals surface area (Å²) in [4.78, 5) is 19.1. The average molecular weight is 217 g/mol. The van der Waals surface area contributed by atoms with E-state index in [-0.39, 0.29) is 5.91 Å². The van der Waals surface area contributed by atoms with Crippen LogP contribution in [0.5, 0.6) is 0 Å². The van der Waals surface area contributed by atoms with Gasteiger partial charge in [0.05, 0.1) is 0 Å². The first-order valence-corrected chi connectivity index (χ1v) is 4.81. The van der Waals surface area contributed by atoms with Crippen LogP contribution in [0.4, 0.5) is 5.82 Å². The molecule has 82 valence electrons. The van der Waals surface area contributed by atoms with Crippen LogP contribution >= 0.6 is 0 Å². The fourth-order valence-corrected chi connectivity index (χ4v) is 1.33. The third kappa shape index (κ3) is 2.25. The molecule has 0 aliphatic carbocycles. The summed E-state index contributed by atoms with van der Waals surface area (Å²) in [6.45, 7) is 3.22. The average Bonchev–Trinajstić information content (AvgIpc) is 2.64. The van der Waals surface area contributed by atoms with E-state index in [1.807, 2.05) is 6.07 Å². The molecule has 2 aromatic heterocycles. The topological polar surface area (TPSA) is 68.0 Å². The molecule has 0 fully saturated rings. The normalized spacial score (nSPS) is 10.1. The smallest absolute Gasteiger partial charge is 0.222 e. The van der Waals surface area contributed by atoms with Crippen molar-refractivity contribution < 1.29 is 9.21 Å². The quantitative estimate of drug-likeness (QED) is 0.835. The largest absolute Gasteiger partial charge is 0.449 e. The van der Waals surface area contributed by atoms with E-state index >= 15 is 0 Å². The second-order valence-electron chi connectivity index (χ2n) is 3.36. The Labute approximate surface area is 92.5 Å². The van der Waals surface area contributed by atoms with Crippen LogP contribution in [-0.4, -0.2) is 15.9 Å². The third-order valence-corrected chi connectivity index (χ3v) is 1.98. The van der Waals surface area contributed by atoms with E-state index in [0.29, 0.717) is 11.7 Å². The van der Waals surface area contributed by atoms with Crippen LogP contribution in [0.15, 0.2) is 29.0 Å². The van der Waals surface area contributed by atoms with Gasteiger partial charge in [0.1, 0.15) is 17.8 Å². The van der Waals surface area contributed by atoms with Gasteiger partial charge in [-0.25, -0.2) is 9.97 Å². The Morgan fingerprint density at radius 2 is 2.31 bits per heavy atom. The minimum Gasteiger partial charge on any atom is -0.449 e. The van der Waals surface area contributed by atoms with E-state index in [2.05, 4.69) is 15.3 Å². The lowest BCUT2D eigenvalue weighted by Gasteiger charge is -2.01. The van der Waals surface area contributed by atoms with Crippen molar-refractivity contribution in [2.75, 3.05) is 5.32 Å². The number of aromatic nitrogens is 2. The number of carbonyl (C=O) groups is 1. The molecule has 0 bridgehead atoms. The van der Waals surface area contributed by atoms with E-state index in [4.69, 9.17) is 4.42 Å². The van der Waals surface area contributed by atoms with Crippen molar-refractivity contribution in [3.63, 3.8) is 0 Å². The van der Waals surface area contributed by atoms with Gasteiger partial charge >= 0.3 is 0 Å². The Hall–Kier alpha value is -2.17. The maximum Gasteiger partial charge on any atom is 0.222 e. The van der Waals surface area contributed by atoms with Gasteiger partial charge in [-0.05, 0) is 12.1 Å². The highest BCUT2D eigenvalue weighted by Crippen LogP contribution is 2.20. The number of carbonyl (C=O) groups excluding carboxylic acids is 1. The summed E-state index contributed by atoms with van der Waals surface area (Å²) in [6.07, 6.45) is 3.19. The van der Waals surface area contributed by atoms with Crippen molar-refractivity contribution in [3.8, 4) is 11.3 Å². The Morgan fingerprint density at radius 3 is 2.94 bits per heavy atom. The van der Waals surface area contributed by atoms with Crippen molar-refractivity contribution in [2.45, 2.75) is 13.8 Å². The van der Waals surface area contributed by atoms with Crippen molar-refractivity contribution in [3.05, 3.63) is 30.5 Å². The van der Waals surface area contributed by atoms with Crippen molar-refractivity contribution in [2.24, 2.45) is 0 Å². The fourth-order valence-electron chi connectivity index (χ4n) is 1.33. The molecule has 1 amide bonds. The van der Waals surface area contributed by atoms with Gasteiger partial charge in [0.15, 0.2) is 5.89 Å². The molecule has 0 aromatic carbocycles. The molecule has 0 atom stereocenters. The molecule has 2 aromatic rings. The molecule has 1 N–H and O–H groups in total. The summed E-state index contributed by atoms with van der Waals surface area (Å²) in [5, 5.41) is 2.61. The lowest BCUT2D eigenvalue weighted by Crippen LogP contribution is -2.07. The van der Waals surface area contributed by atoms with Gasteiger partial charge in [0.2, 0.25) is 5.91 Å². The Bertz CT molecular complexity index is 519. The van der Waals surface area contributed by atoms with Crippen molar-refractivity contribution in [1.82, 2.24) is 9.97 Å². The maximum atomic E-state index is 10.9. The van der Waals surface area contributed by atoms with Gasteiger partial charge in [-0.2, -0.15) is 0 Å². The van der Waals surface area contributed by atoms with Gasteiger partial charge < -0.3 is 9.73 Å². The maximum absolute atomic E-state index is 10.9. The van der Waals surface area contributed by atoms with Crippen LogP contribution in [-0.2, 0) is 4.79 Å². The van der Waals surface area contributed by atoms with E-state index < -0.39 is 0 Å². The number of aryl methyl sites for hydroxylation is 1. The highest BCUT2D eigenvalue weighted by molar-refractivity contribution is 5.88. The molecule has 0 saturated carbocycles. The molecular formula is C11H11N3O2. The monoisotopic (exact) mass is 217 g/mol. The minimum atomic E-state index is -0.152. The fraction of sp³-hybridized carbons (Fsp3) is 0.182. The molecule has 0 unspecified atom stereocenters. The second-order valence-corrected chi connectivity index (χ2v) is 3.36. The van der Waals surface area contributed by atoms with Crippen molar-refractivity contribution >= 4 is 11.7 Å². The number of hydrogen-bond donors (Lipinski definition) is 1. The molecule has 0 radical (unpaired) electrons. The highest BCUT2D eigenvalue weighted by atomic mass is 16.3. The first kappa shape index (κ1) is 10.4.